The van der Waals surface area contributed by atoms with Crippen molar-refractivity contribution < 1.29 is 13.2 Å². The molecule has 0 spiro atoms. The molecule has 0 fully saturated rings. The maximum atomic E-state index is 11.6. The molecule has 0 aromatic rings. The molecule has 1 N–H and O–H groups in total. The summed E-state index contributed by atoms with van der Waals surface area (Å²) in [5, 5.41) is 2.70. The zero-order valence-corrected chi connectivity index (χ0v) is 11.8. The fraction of sp³-hybridized carbons (Fsp3) is 0.727. The zero-order valence-electron chi connectivity index (χ0n) is 11.0. The van der Waals surface area contributed by atoms with Gasteiger partial charge in [-0.05, 0) is 0 Å². The van der Waals surface area contributed by atoms with Crippen molar-refractivity contribution in [1.82, 2.24) is 9.62 Å². The van der Waals surface area contributed by atoms with Crippen molar-refractivity contribution in [2.45, 2.75) is 20.8 Å². The molecular weight excluding hydrogens is 240 g/mol. The van der Waals surface area contributed by atoms with Gasteiger partial charge in [0, 0.05) is 25.0 Å². The molecule has 100 valence electrons. The van der Waals surface area contributed by atoms with E-state index in [0.717, 1.165) is 6.26 Å². The summed E-state index contributed by atoms with van der Waals surface area (Å²) in [6.07, 6.45) is 2.66. The highest BCUT2D eigenvalue weighted by molar-refractivity contribution is 7.88. The molecule has 6 heteroatoms. The Labute approximate surface area is 104 Å². The minimum absolute atomic E-state index is 0.0930. The minimum Gasteiger partial charge on any atom is -0.354 e. The molecule has 0 saturated heterocycles. The fourth-order valence-corrected chi connectivity index (χ4v) is 1.89. The molecule has 0 unspecified atom stereocenters. The number of carbonyl (C=O) groups excluding carboxylic acids is 1. The summed E-state index contributed by atoms with van der Waals surface area (Å²) in [7, 11) is -3.25. The van der Waals surface area contributed by atoms with E-state index in [1.165, 1.54) is 10.4 Å². The smallest absolute Gasteiger partial charge is 0.225 e. The first kappa shape index (κ1) is 16.1. The molecular formula is C11H22N2O3S. The third-order valence-corrected chi connectivity index (χ3v) is 3.40. The maximum absolute atomic E-state index is 11.6. The molecule has 0 atom stereocenters. The first-order valence-electron chi connectivity index (χ1n) is 5.43. The third-order valence-electron chi connectivity index (χ3n) is 2.13. The number of amides is 1. The van der Waals surface area contributed by atoms with Crippen LogP contribution in [0.1, 0.15) is 20.8 Å². The number of carbonyl (C=O) groups is 1. The van der Waals surface area contributed by atoms with Crippen LogP contribution in [0.15, 0.2) is 12.7 Å². The second kappa shape index (κ2) is 6.16. The monoisotopic (exact) mass is 262 g/mol. The number of hydrogen-bond acceptors (Lipinski definition) is 3. The van der Waals surface area contributed by atoms with Crippen LogP contribution in [0.25, 0.3) is 0 Å². The molecule has 0 radical (unpaired) electrons. The molecule has 17 heavy (non-hydrogen) atoms. The standard InChI is InChI=1S/C11H22N2O3S/c1-6-8-13(17(5,15)16)9-7-12-10(14)11(2,3)4/h6H,1,7-9H2,2-5H3,(H,12,14). The van der Waals surface area contributed by atoms with Gasteiger partial charge in [-0.15, -0.1) is 6.58 Å². The molecule has 0 bridgehead atoms. The first-order valence-corrected chi connectivity index (χ1v) is 7.28. The summed E-state index contributed by atoms with van der Waals surface area (Å²) in [6, 6.07) is 0. The average Bonchev–Trinajstić information content (AvgIpc) is 2.13. The normalized spacial score (nSPS) is 12.5. The van der Waals surface area contributed by atoms with E-state index in [1.807, 2.05) is 0 Å². The summed E-state index contributed by atoms with van der Waals surface area (Å²) in [5.41, 5.74) is -0.464. The summed E-state index contributed by atoms with van der Waals surface area (Å²) >= 11 is 0. The summed E-state index contributed by atoms with van der Waals surface area (Å²) in [5.74, 6) is -0.0930. The van der Waals surface area contributed by atoms with Gasteiger partial charge in [-0.3, -0.25) is 4.79 Å². The molecule has 0 aliphatic carbocycles. The largest absolute Gasteiger partial charge is 0.354 e. The van der Waals surface area contributed by atoms with Crippen LogP contribution in [0.3, 0.4) is 0 Å². The van der Waals surface area contributed by atoms with Crippen molar-refractivity contribution in [2.24, 2.45) is 5.41 Å². The van der Waals surface area contributed by atoms with Crippen molar-refractivity contribution >= 4 is 15.9 Å². The van der Waals surface area contributed by atoms with Gasteiger partial charge in [0.25, 0.3) is 0 Å². The van der Waals surface area contributed by atoms with Gasteiger partial charge in [0.1, 0.15) is 0 Å². The topological polar surface area (TPSA) is 66.5 Å². The van der Waals surface area contributed by atoms with E-state index < -0.39 is 15.4 Å². The van der Waals surface area contributed by atoms with Gasteiger partial charge in [0.15, 0.2) is 0 Å². The van der Waals surface area contributed by atoms with Crippen molar-refractivity contribution in [3.63, 3.8) is 0 Å². The average molecular weight is 262 g/mol. The molecule has 0 aliphatic heterocycles. The van der Waals surface area contributed by atoms with Gasteiger partial charge in [0.05, 0.1) is 6.26 Å². The highest BCUT2D eigenvalue weighted by atomic mass is 32.2. The van der Waals surface area contributed by atoms with Crippen LogP contribution in [0.2, 0.25) is 0 Å². The molecule has 0 aliphatic rings. The van der Waals surface area contributed by atoms with Gasteiger partial charge >= 0.3 is 0 Å². The van der Waals surface area contributed by atoms with Crippen molar-refractivity contribution in [2.75, 3.05) is 25.9 Å². The predicted molar refractivity (Wildman–Crippen MR) is 69.1 cm³/mol. The van der Waals surface area contributed by atoms with E-state index in [0.29, 0.717) is 6.54 Å². The maximum Gasteiger partial charge on any atom is 0.225 e. The number of nitrogens with one attached hydrogen (secondary N) is 1. The van der Waals surface area contributed by atoms with Gasteiger partial charge in [0.2, 0.25) is 15.9 Å². The highest BCUT2D eigenvalue weighted by Crippen LogP contribution is 2.12. The van der Waals surface area contributed by atoms with E-state index in [-0.39, 0.29) is 19.0 Å². The van der Waals surface area contributed by atoms with Gasteiger partial charge in [-0.1, -0.05) is 26.8 Å². The second-order valence-corrected chi connectivity index (χ2v) is 6.90. The van der Waals surface area contributed by atoms with Crippen molar-refractivity contribution in [1.29, 1.82) is 0 Å². The Morgan fingerprint density at radius 1 is 1.41 bits per heavy atom. The zero-order chi connectivity index (χ0) is 13.7. The summed E-state index contributed by atoms with van der Waals surface area (Å²) in [4.78, 5) is 11.6. The van der Waals surface area contributed by atoms with E-state index >= 15 is 0 Å². The molecule has 0 rings (SSSR count). The van der Waals surface area contributed by atoms with Crippen molar-refractivity contribution in [3.8, 4) is 0 Å². The predicted octanol–water partition coefficient (Wildman–Crippen LogP) is 0.596. The minimum atomic E-state index is -3.25. The Kier molecular flexibility index (Phi) is 5.84. The number of nitrogens with zero attached hydrogens (tertiary/aromatic N) is 1. The molecule has 5 nitrogen and oxygen atoms in total. The molecule has 0 aromatic carbocycles. The first-order chi connectivity index (χ1) is 7.59. The molecule has 0 heterocycles. The molecule has 0 saturated carbocycles. The lowest BCUT2D eigenvalue weighted by atomic mass is 9.96. The highest BCUT2D eigenvalue weighted by Gasteiger charge is 2.21. The number of hydrogen-bond donors (Lipinski definition) is 1. The van der Waals surface area contributed by atoms with Gasteiger partial charge < -0.3 is 5.32 Å². The van der Waals surface area contributed by atoms with Gasteiger partial charge in [-0.2, -0.15) is 4.31 Å². The van der Waals surface area contributed by atoms with E-state index in [1.54, 1.807) is 20.8 Å². The Morgan fingerprint density at radius 2 is 1.94 bits per heavy atom. The Morgan fingerprint density at radius 3 is 2.29 bits per heavy atom. The summed E-state index contributed by atoms with van der Waals surface area (Å²) in [6.45, 7) is 9.73. The Hall–Kier alpha value is -0.880. The van der Waals surface area contributed by atoms with Crippen LogP contribution >= 0.6 is 0 Å². The van der Waals surface area contributed by atoms with E-state index in [4.69, 9.17) is 0 Å². The molecule has 1 amide bonds. The lowest BCUT2D eigenvalue weighted by Crippen LogP contribution is -2.41. The van der Waals surface area contributed by atoms with Crippen LogP contribution in [0.4, 0.5) is 0 Å². The van der Waals surface area contributed by atoms with Gasteiger partial charge in [-0.25, -0.2) is 8.42 Å². The second-order valence-electron chi connectivity index (χ2n) is 4.92. The van der Waals surface area contributed by atoms with Crippen molar-refractivity contribution in [3.05, 3.63) is 12.7 Å². The fourth-order valence-electron chi connectivity index (χ4n) is 1.10. The Balaban J connectivity index is 4.26. The van der Waals surface area contributed by atoms with E-state index in [9.17, 15) is 13.2 Å². The van der Waals surface area contributed by atoms with Crippen LogP contribution in [-0.4, -0.2) is 44.5 Å². The van der Waals surface area contributed by atoms with Crippen LogP contribution in [0, 0.1) is 5.41 Å². The summed E-state index contributed by atoms with van der Waals surface area (Å²) < 4.78 is 24.0. The van der Waals surface area contributed by atoms with Crippen LogP contribution in [0.5, 0.6) is 0 Å². The van der Waals surface area contributed by atoms with Crippen LogP contribution < -0.4 is 5.32 Å². The Bertz CT molecular complexity index is 369. The number of rotatable bonds is 6. The third kappa shape index (κ3) is 6.43. The lowest BCUT2D eigenvalue weighted by molar-refractivity contribution is -0.128. The molecule has 0 aromatic heterocycles. The lowest BCUT2D eigenvalue weighted by Gasteiger charge is -2.21. The van der Waals surface area contributed by atoms with Crippen LogP contribution in [-0.2, 0) is 14.8 Å². The quantitative estimate of drug-likeness (QED) is 0.713. The van der Waals surface area contributed by atoms with E-state index in [2.05, 4.69) is 11.9 Å². The SMILES string of the molecule is C=CCN(CCNC(=O)C(C)(C)C)S(C)(=O)=O. The number of sulfonamides is 1.